The summed E-state index contributed by atoms with van der Waals surface area (Å²) in [5, 5.41) is 4.73. The molecule has 110 valence electrons. The van der Waals surface area contributed by atoms with Crippen molar-refractivity contribution in [2.45, 2.75) is 0 Å². The summed E-state index contributed by atoms with van der Waals surface area (Å²) >= 11 is 0. The van der Waals surface area contributed by atoms with Gasteiger partial charge >= 0.3 is 0 Å². The van der Waals surface area contributed by atoms with Gasteiger partial charge in [-0.05, 0) is 22.4 Å². The molecule has 0 heterocycles. The molecule has 0 spiro atoms. The zero-order chi connectivity index (χ0) is 15.3. The predicted molar refractivity (Wildman–Crippen MR) is 85.7 cm³/mol. The summed E-state index contributed by atoms with van der Waals surface area (Å²) in [6.07, 6.45) is 4.30. The summed E-state index contributed by atoms with van der Waals surface area (Å²) in [6, 6.07) is 13.8. The molecule has 0 aliphatic carbocycles. The largest absolute Gasteiger partial charge is 0.352 e. The minimum atomic E-state index is -3.05. The average molecular weight is 303 g/mol. The summed E-state index contributed by atoms with van der Waals surface area (Å²) in [5.41, 5.74) is 0.950. The van der Waals surface area contributed by atoms with E-state index in [0.29, 0.717) is 0 Å². The van der Waals surface area contributed by atoms with Crippen LogP contribution in [0.4, 0.5) is 0 Å². The van der Waals surface area contributed by atoms with Crippen molar-refractivity contribution in [2.75, 3.05) is 18.6 Å². The first-order valence-corrected chi connectivity index (χ1v) is 8.63. The molecule has 0 saturated carbocycles. The number of hydrogen-bond acceptors (Lipinski definition) is 3. The SMILES string of the molecule is CS(=O)(=O)CCNC(=O)/C=C\c1cccc2ccccc12. The first-order chi connectivity index (χ1) is 9.96. The second-order valence-corrected chi connectivity index (χ2v) is 7.08. The van der Waals surface area contributed by atoms with Crippen molar-refractivity contribution in [2.24, 2.45) is 0 Å². The van der Waals surface area contributed by atoms with Crippen LogP contribution in [-0.4, -0.2) is 32.9 Å². The minimum absolute atomic E-state index is 0.0547. The van der Waals surface area contributed by atoms with Crippen LogP contribution in [0.25, 0.3) is 16.8 Å². The summed E-state index contributed by atoms with van der Waals surface area (Å²) < 4.78 is 21.9. The molecule has 2 rings (SSSR count). The Bertz CT molecular complexity index is 774. The van der Waals surface area contributed by atoms with Gasteiger partial charge in [-0.2, -0.15) is 0 Å². The van der Waals surface area contributed by atoms with Gasteiger partial charge in [0.1, 0.15) is 9.84 Å². The molecule has 2 aromatic carbocycles. The number of rotatable bonds is 5. The Hall–Kier alpha value is -2.14. The number of carbonyl (C=O) groups is 1. The second kappa shape index (κ2) is 6.54. The van der Waals surface area contributed by atoms with E-state index in [4.69, 9.17) is 0 Å². The van der Waals surface area contributed by atoms with Crippen LogP contribution in [0.3, 0.4) is 0 Å². The molecule has 21 heavy (non-hydrogen) atoms. The molecule has 5 heteroatoms. The molecule has 0 aliphatic heterocycles. The van der Waals surface area contributed by atoms with Crippen LogP contribution in [0.2, 0.25) is 0 Å². The predicted octanol–water partition coefficient (Wildman–Crippen LogP) is 2.01. The van der Waals surface area contributed by atoms with Crippen LogP contribution in [0.5, 0.6) is 0 Å². The van der Waals surface area contributed by atoms with Gasteiger partial charge in [-0.3, -0.25) is 4.79 Å². The lowest BCUT2D eigenvalue weighted by molar-refractivity contribution is -0.116. The Balaban J connectivity index is 2.04. The summed E-state index contributed by atoms with van der Waals surface area (Å²) in [5.74, 6) is -0.354. The van der Waals surface area contributed by atoms with Gasteiger partial charge in [0, 0.05) is 18.9 Å². The lowest BCUT2D eigenvalue weighted by Crippen LogP contribution is -2.27. The molecule has 2 aromatic rings. The topological polar surface area (TPSA) is 63.2 Å². The minimum Gasteiger partial charge on any atom is -0.352 e. The highest BCUT2D eigenvalue weighted by Gasteiger charge is 2.03. The molecule has 1 N–H and O–H groups in total. The van der Waals surface area contributed by atoms with E-state index < -0.39 is 9.84 Å². The van der Waals surface area contributed by atoms with Gasteiger partial charge in [0.25, 0.3) is 0 Å². The van der Waals surface area contributed by atoms with E-state index in [2.05, 4.69) is 5.32 Å². The molecular formula is C16H17NO3S. The van der Waals surface area contributed by atoms with E-state index in [1.54, 1.807) is 6.08 Å². The number of nitrogens with one attached hydrogen (secondary N) is 1. The van der Waals surface area contributed by atoms with Crippen LogP contribution >= 0.6 is 0 Å². The van der Waals surface area contributed by atoms with Gasteiger partial charge in [0.2, 0.25) is 5.91 Å². The van der Waals surface area contributed by atoms with Crippen LogP contribution in [-0.2, 0) is 14.6 Å². The van der Waals surface area contributed by atoms with E-state index in [1.165, 1.54) is 6.08 Å². The number of carbonyl (C=O) groups excluding carboxylic acids is 1. The van der Waals surface area contributed by atoms with E-state index in [-0.39, 0.29) is 18.2 Å². The van der Waals surface area contributed by atoms with Gasteiger partial charge < -0.3 is 5.32 Å². The fourth-order valence-electron chi connectivity index (χ4n) is 1.98. The third kappa shape index (κ3) is 4.72. The Morgan fingerprint density at radius 3 is 2.62 bits per heavy atom. The summed E-state index contributed by atoms with van der Waals surface area (Å²) in [7, 11) is -3.05. The molecule has 0 bridgehead atoms. The Kier molecular flexibility index (Phi) is 4.75. The van der Waals surface area contributed by atoms with Crippen LogP contribution in [0.1, 0.15) is 5.56 Å². The molecular weight excluding hydrogens is 286 g/mol. The number of fused-ring (bicyclic) bond motifs is 1. The fourth-order valence-corrected chi connectivity index (χ4v) is 2.45. The van der Waals surface area contributed by atoms with Crippen molar-refractivity contribution in [1.29, 1.82) is 0 Å². The highest BCUT2D eigenvalue weighted by Crippen LogP contribution is 2.19. The smallest absolute Gasteiger partial charge is 0.244 e. The molecule has 0 unspecified atom stereocenters. The average Bonchev–Trinajstić information content (AvgIpc) is 2.43. The third-order valence-corrected chi connectivity index (χ3v) is 3.96. The first kappa shape index (κ1) is 15.3. The number of benzene rings is 2. The van der Waals surface area contributed by atoms with Crippen molar-refractivity contribution < 1.29 is 13.2 Å². The van der Waals surface area contributed by atoms with Crippen LogP contribution < -0.4 is 5.32 Å². The molecule has 0 fully saturated rings. The fraction of sp³-hybridized carbons (Fsp3) is 0.188. The lowest BCUT2D eigenvalue weighted by Gasteiger charge is -2.02. The maximum absolute atomic E-state index is 11.6. The van der Waals surface area contributed by atoms with Crippen molar-refractivity contribution in [1.82, 2.24) is 5.32 Å². The lowest BCUT2D eigenvalue weighted by atomic mass is 10.0. The molecule has 0 atom stereocenters. The Morgan fingerprint density at radius 2 is 1.86 bits per heavy atom. The van der Waals surface area contributed by atoms with Crippen molar-refractivity contribution in [3.63, 3.8) is 0 Å². The maximum atomic E-state index is 11.6. The molecule has 0 aromatic heterocycles. The van der Waals surface area contributed by atoms with Crippen molar-refractivity contribution in [3.8, 4) is 0 Å². The Labute approximate surface area is 124 Å². The second-order valence-electron chi connectivity index (χ2n) is 4.82. The van der Waals surface area contributed by atoms with Gasteiger partial charge in [0.05, 0.1) is 5.75 Å². The quantitative estimate of drug-likeness (QED) is 0.860. The van der Waals surface area contributed by atoms with Gasteiger partial charge in [-0.25, -0.2) is 8.42 Å². The van der Waals surface area contributed by atoms with Gasteiger partial charge in [0.15, 0.2) is 0 Å². The molecule has 1 amide bonds. The highest BCUT2D eigenvalue weighted by atomic mass is 32.2. The third-order valence-electron chi connectivity index (χ3n) is 3.01. The van der Waals surface area contributed by atoms with Crippen molar-refractivity contribution >= 4 is 32.6 Å². The summed E-state index contributed by atoms with van der Waals surface area (Å²) in [6.45, 7) is 0.123. The van der Waals surface area contributed by atoms with Crippen molar-refractivity contribution in [3.05, 3.63) is 54.1 Å². The highest BCUT2D eigenvalue weighted by molar-refractivity contribution is 7.90. The molecule has 0 radical (unpaired) electrons. The molecule has 0 saturated heterocycles. The van der Waals surface area contributed by atoms with Gasteiger partial charge in [-0.1, -0.05) is 42.5 Å². The van der Waals surface area contributed by atoms with E-state index in [0.717, 1.165) is 22.6 Å². The normalized spacial score (nSPS) is 11.9. The van der Waals surface area contributed by atoms with Gasteiger partial charge in [-0.15, -0.1) is 0 Å². The summed E-state index contributed by atoms with van der Waals surface area (Å²) in [4.78, 5) is 11.6. The monoisotopic (exact) mass is 303 g/mol. The number of amides is 1. The maximum Gasteiger partial charge on any atom is 0.244 e. The molecule has 0 aliphatic rings. The number of hydrogen-bond donors (Lipinski definition) is 1. The zero-order valence-electron chi connectivity index (χ0n) is 11.7. The Morgan fingerprint density at radius 1 is 1.14 bits per heavy atom. The van der Waals surface area contributed by atoms with Crippen LogP contribution in [0, 0.1) is 0 Å². The van der Waals surface area contributed by atoms with E-state index in [1.807, 2.05) is 42.5 Å². The standard InChI is InChI=1S/C16H17NO3S/c1-21(19,20)12-11-17-16(18)10-9-14-7-4-6-13-5-2-3-8-15(13)14/h2-10H,11-12H2,1H3,(H,17,18)/b10-9-. The van der Waals surface area contributed by atoms with E-state index >= 15 is 0 Å². The van der Waals surface area contributed by atoms with Crippen LogP contribution in [0.15, 0.2) is 48.5 Å². The number of sulfone groups is 1. The zero-order valence-corrected chi connectivity index (χ0v) is 12.6. The molecule has 4 nitrogen and oxygen atoms in total. The first-order valence-electron chi connectivity index (χ1n) is 6.57. The van der Waals surface area contributed by atoms with E-state index in [9.17, 15) is 13.2 Å².